The van der Waals surface area contributed by atoms with E-state index in [9.17, 15) is 17.4 Å². The molecule has 26 heavy (non-hydrogen) atoms. The minimum atomic E-state index is -2.80. The van der Waals surface area contributed by atoms with Gasteiger partial charge in [0.25, 0.3) is 6.43 Å². The predicted molar refractivity (Wildman–Crippen MR) is 99.2 cm³/mol. The van der Waals surface area contributed by atoms with Crippen LogP contribution in [0.3, 0.4) is 0 Å². The summed E-state index contributed by atoms with van der Waals surface area (Å²) in [6.07, 6.45) is -1.21. The zero-order valence-corrected chi connectivity index (χ0v) is 17.0. The maximum Gasteiger partial charge on any atom is 0.258 e. The monoisotopic (exact) mass is 452 g/mol. The van der Waals surface area contributed by atoms with Gasteiger partial charge in [-0.05, 0) is 48.8 Å². The SMILES string of the molecule is CC(C)(C)S(=O)N[C@@H](c1cn(C2COC2)c2cc(Br)c(F)cc12)C(F)F. The highest BCUT2D eigenvalue weighted by molar-refractivity contribution is 9.10. The molecule has 3 rings (SSSR count). The van der Waals surface area contributed by atoms with Crippen LogP contribution in [0.15, 0.2) is 22.8 Å². The van der Waals surface area contributed by atoms with E-state index in [-0.39, 0.29) is 16.1 Å². The van der Waals surface area contributed by atoms with Crippen molar-refractivity contribution in [1.82, 2.24) is 9.29 Å². The fraction of sp³-hybridized carbons (Fsp3) is 0.529. The van der Waals surface area contributed by atoms with Gasteiger partial charge in [-0.15, -0.1) is 0 Å². The topological polar surface area (TPSA) is 43.3 Å². The van der Waals surface area contributed by atoms with Crippen LogP contribution >= 0.6 is 15.9 Å². The van der Waals surface area contributed by atoms with Gasteiger partial charge < -0.3 is 9.30 Å². The normalized spacial score (nSPS) is 18.3. The summed E-state index contributed by atoms with van der Waals surface area (Å²) in [6, 6.07) is 1.35. The molecule has 4 nitrogen and oxygen atoms in total. The number of nitrogens with zero attached hydrogens (tertiary/aromatic N) is 1. The summed E-state index contributed by atoms with van der Waals surface area (Å²) in [5.74, 6) is -0.536. The second kappa shape index (κ2) is 7.26. The van der Waals surface area contributed by atoms with Crippen LogP contribution in [0.2, 0.25) is 0 Å². The second-order valence-corrected chi connectivity index (χ2v) is 10.1. The molecule has 0 aliphatic carbocycles. The Morgan fingerprint density at radius 1 is 1.35 bits per heavy atom. The summed E-state index contributed by atoms with van der Waals surface area (Å²) in [5, 5.41) is 0.376. The smallest absolute Gasteiger partial charge is 0.258 e. The highest BCUT2D eigenvalue weighted by Crippen LogP contribution is 2.36. The van der Waals surface area contributed by atoms with E-state index < -0.39 is 34.0 Å². The molecule has 2 aromatic rings. The van der Waals surface area contributed by atoms with Crippen molar-refractivity contribution in [3.63, 3.8) is 0 Å². The number of halogens is 4. The van der Waals surface area contributed by atoms with Crippen molar-refractivity contribution in [3.05, 3.63) is 34.2 Å². The highest BCUT2D eigenvalue weighted by Gasteiger charge is 2.33. The lowest BCUT2D eigenvalue weighted by Crippen LogP contribution is -2.38. The molecule has 0 spiro atoms. The Bertz CT molecular complexity index is 847. The Hall–Kier alpha value is -0.900. The zero-order chi connectivity index (χ0) is 19.2. The first kappa shape index (κ1) is 19.9. The molecule has 1 fully saturated rings. The van der Waals surface area contributed by atoms with Crippen molar-refractivity contribution in [3.8, 4) is 0 Å². The quantitative estimate of drug-likeness (QED) is 0.726. The third-order valence-corrected chi connectivity index (χ3v) is 6.49. The number of nitrogens with one attached hydrogen (secondary N) is 1. The van der Waals surface area contributed by atoms with Crippen molar-refractivity contribution >= 4 is 37.8 Å². The molecule has 2 heterocycles. The lowest BCUT2D eigenvalue weighted by atomic mass is 10.1. The predicted octanol–water partition coefficient (Wildman–Crippen LogP) is 4.47. The van der Waals surface area contributed by atoms with Gasteiger partial charge >= 0.3 is 0 Å². The first-order chi connectivity index (χ1) is 12.1. The van der Waals surface area contributed by atoms with Crippen LogP contribution in [0, 0.1) is 5.82 Å². The Labute approximate surface area is 160 Å². The molecule has 0 saturated carbocycles. The summed E-state index contributed by atoms with van der Waals surface area (Å²) < 4.78 is 63.2. The molecule has 9 heteroatoms. The average Bonchev–Trinajstić information content (AvgIpc) is 2.80. The van der Waals surface area contributed by atoms with Crippen LogP contribution in [0.5, 0.6) is 0 Å². The molecule has 1 aliphatic rings. The van der Waals surface area contributed by atoms with E-state index in [1.165, 1.54) is 6.07 Å². The van der Waals surface area contributed by atoms with Crippen LogP contribution in [0.4, 0.5) is 13.2 Å². The van der Waals surface area contributed by atoms with Crippen molar-refractivity contribution in [1.29, 1.82) is 0 Å². The number of rotatable bonds is 5. The molecule has 1 N–H and O–H groups in total. The van der Waals surface area contributed by atoms with E-state index in [2.05, 4.69) is 20.7 Å². The molecule has 144 valence electrons. The summed E-state index contributed by atoms with van der Waals surface area (Å²) in [5.41, 5.74) is 0.862. The van der Waals surface area contributed by atoms with Gasteiger partial charge in [0, 0.05) is 17.1 Å². The molecule has 0 amide bonds. The summed E-state index contributed by atoms with van der Waals surface area (Å²) in [6.45, 7) is 6.04. The van der Waals surface area contributed by atoms with Crippen LogP contribution in [-0.2, 0) is 15.7 Å². The van der Waals surface area contributed by atoms with Gasteiger partial charge in [-0.1, -0.05) is 0 Å². The van der Waals surface area contributed by atoms with E-state index in [0.717, 1.165) is 0 Å². The van der Waals surface area contributed by atoms with Crippen LogP contribution in [0.25, 0.3) is 10.9 Å². The first-order valence-corrected chi connectivity index (χ1v) is 10.1. The summed E-state index contributed by atoms with van der Waals surface area (Å²) >= 11 is 3.15. The molecule has 2 atom stereocenters. The largest absolute Gasteiger partial charge is 0.377 e. The van der Waals surface area contributed by atoms with Gasteiger partial charge in [-0.2, -0.15) is 0 Å². The van der Waals surface area contributed by atoms with Crippen molar-refractivity contribution in [2.24, 2.45) is 0 Å². The van der Waals surface area contributed by atoms with Gasteiger partial charge in [0.2, 0.25) is 0 Å². The number of hydrogen-bond acceptors (Lipinski definition) is 2. The van der Waals surface area contributed by atoms with Crippen LogP contribution < -0.4 is 4.72 Å². The lowest BCUT2D eigenvalue weighted by Gasteiger charge is -2.28. The lowest BCUT2D eigenvalue weighted by molar-refractivity contribution is -0.0215. The van der Waals surface area contributed by atoms with Crippen molar-refractivity contribution < 1.29 is 22.1 Å². The van der Waals surface area contributed by atoms with Crippen LogP contribution in [0.1, 0.15) is 38.4 Å². The maximum atomic E-state index is 14.1. The fourth-order valence-electron chi connectivity index (χ4n) is 2.75. The minimum absolute atomic E-state index is 0.00930. The standard InChI is InChI=1S/C17H20BrF3N2O2S/c1-17(2,3)26(24)22-15(16(20)21)11-6-23(9-7-25-8-9)14-5-12(18)13(19)4-10(11)14/h4-6,9,15-16,22H,7-8H2,1-3H3/t15-,26?/m0/s1. The number of ether oxygens (including phenoxy) is 1. The Morgan fingerprint density at radius 2 is 2.00 bits per heavy atom. The molecular formula is C17H20BrF3N2O2S. The maximum absolute atomic E-state index is 14.1. The average molecular weight is 453 g/mol. The number of aromatic nitrogens is 1. The van der Waals surface area contributed by atoms with Gasteiger partial charge in [-0.3, -0.25) is 0 Å². The zero-order valence-electron chi connectivity index (χ0n) is 14.6. The van der Waals surface area contributed by atoms with E-state index in [1.807, 2.05) is 4.57 Å². The highest BCUT2D eigenvalue weighted by atomic mass is 79.9. The van der Waals surface area contributed by atoms with Gasteiger partial charge in [0.15, 0.2) is 0 Å². The Morgan fingerprint density at radius 3 is 2.50 bits per heavy atom. The summed E-state index contributed by atoms with van der Waals surface area (Å²) in [4.78, 5) is 0. The molecule has 1 saturated heterocycles. The third-order valence-electron chi connectivity index (χ3n) is 4.30. The molecule has 0 bridgehead atoms. The Balaban J connectivity index is 2.12. The second-order valence-electron chi connectivity index (χ2n) is 7.28. The number of hydrogen-bond donors (Lipinski definition) is 1. The molecule has 1 aromatic carbocycles. The minimum Gasteiger partial charge on any atom is -0.377 e. The van der Waals surface area contributed by atoms with Crippen molar-refractivity contribution in [2.45, 2.75) is 44.0 Å². The third kappa shape index (κ3) is 3.72. The molecule has 0 radical (unpaired) electrons. The fourth-order valence-corrected chi connectivity index (χ4v) is 3.89. The van der Waals surface area contributed by atoms with Gasteiger partial charge in [-0.25, -0.2) is 22.1 Å². The Kier molecular flexibility index (Phi) is 5.54. The number of fused-ring (bicyclic) bond motifs is 1. The van der Waals surface area contributed by atoms with E-state index in [1.54, 1.807) is 33.0 Å². The molecule has 1 aliphatic heterocycles. The van der Waals surface area contributed by atoms with E-state index >= 15 is 0 Å². The van der Waals surface area contributed by atoms with E-state index in [0.29, 0.717) is 24.1 Å². The number of alkyl halides is 2. The molecule has 1 aromatic heterocycles. The van der Waals surface area contributed by atoms with Gasteiger partial charge in [0.1, 0.15) is 11.9 Å². The molecular weight excluding hydrogens is 433 g/mol. The first-order valence-electron chi connectivity index (χ1n) is 8.13. The van der Waals surface area contributed by atoms with Gasteiger partial charge in [0.05, 0.1) is 45.0 Å². The summed E-state index contributed by atoms with van der Waals surface area (Å²) in [7, 11) is -1.70. The van der Waals surface area contributed by atoms with Crippen LogP contribution in [-0.4, -0.2) is 33.2 Å². The molecule has 1 unspecified atom stereocenters. The van der Waals surface area contributed by atoms with E-state index in [4.69, 9.17) is 4.74 Å². The number of benzene rings is 1. The van der Waals surface area contributed by atoms with Crippen molar-refractivity contribution in [2.75, 3.05) is 13.2 Å².